The zero-order chi connectivity index (χ0) is 12.9. The van der Waals surface area contributed by atoms with Crippen molar-refractivity contribution >= 4 is 16.6 Å². The summed E-state index contributed by atoms with van der Waals surface area (Å²) in [5, 5.41) is 5.94. The van der Waals surface area contributed by atoms with Crippen LogP contribution in [0.2, 0.25) is 0 Å². The fourth-order valence-corrected chi connectivity index (χ4v) is 2.73. The molecule has 1 aromatic heterocycles. The minimum Gasteiger partial charge on any atom is -0.369 e. The summed E-state index contributed by atoms with van der Waals surface area (Å²) < 4.78 is 0. The van der Waals surface area contributed by atoms with Crippen molar-refractivity contribution in [3.63, 3.8) is 0 Å². The van der Waals surface area contributed by atoms with Crippen molar-refractivity contribution in [1.29, 1.82) is 0 Å². The van der Waals surface area contributed by atoms with Gasteiger partial charge in [-0.05, 0) is 43.6 Å². The number of anilines is 1. The van der Waals surface area contributed by atoms with Crippen LogP contribution in [0.1, 0.15) is 32.1 Å². The summed E-state index contributed by atoms with van der Waals surface area (Å²) in [5.74, 6) is 1.01. The van der Waals surface area contributed by atoms with E-state index in [1.165, 1.54) is 36.5 Å². The number of aromatic nitrogens is 1. The largest absolute Gasteiger partial charge is 0.369 e. The minimum atomic E-state index is 0.979. The normalized spacial score (nSPS) is 15.3. The highest BCUT2D eigenvalue weighted by atomic mass is 15.0. The van der Waals surface area contributed by atoms with Crippen LogP contribution in [-0.4, -0.2) is 11.5 Å². The van der Waals surface area contributed by atoms with Crippen molar-refractivity contribution in [1.82, 2.24) is 4.98 Å². The Morgan fingerprint density at radius 3 is 2.95 bits per heavy atom. The molecule has 1 aliphatic carbocycles. The van der Waals surface area contributed by atoms with Crippen LogP contribution in [0.25, 0.3) is 10.8 Å². The molecule has 0 bridgehead atoms. The molecule has 2 heteroatoms. The zero-order valence-corrected chi connectivity index (χ0v) is 11.2. The Morgan fingerprint density at radius 2 is 2.05 bits per heavy atom. The Morgan fingerprint density at radius 1 is 1.11 bits per heavy atom. The molecule has 2 nitrogen and oxygen atoms in total. The second-order valence-corrected chi connectivity index (χ2v) is 5.17. The van der Waals surface area contributed by atoms with Gasteiger partial charge in [0.25, 0.3) is 0 Å². The second-order valence-electron chi connectivity index (χ2n) is 5.17. The van der Waals surface area contributed by atoms with E-state index in [1.54, 1.807) is 5.57 Å². The Labute approximate surface area is 114 Å². The average Bonchev–Trinajstić information content (AvgIpc) is 2.49. The van der Waals surface area contributed by atoms with Gasteiger partial charge in [0.15, 0.2) is 0 Å². The maximum Gasteiger partial charge on any atom is 0.133 e. The van der Waals surface area contributed by atoms with Crippen LogP contribution in [0.3, 0.4) is 0 Å². The summed E-state index contributed by atoms with van der Waals surface area (Å²) in [5.41, 5.74) is 1.61. The number of fused-ring (bicyclic) bond motifs is 1. The molecule has 19 heavy (non-hydrogen) atoms. The van der Waals surface area contributed by atoms with Gasteiger partial charge in [0, 0.05) is 18.1 Å². The van der Waals surface area contributed by atoms with E-state index in [9.17, 15) is 0 Å². The number of rotatable bonds is 4. The number of nitrogens with zero attached hydrogens (tertiary/aromatic N) is 1. The summed E-state index contributed by atoms with van der Waals surface area (Å²) in [6, 6.07) is 10.5. The Bertz CT molecular complexity index is 581. The number of hydrogen-bond acceptors (Lipinski definition) is 2. The smallest absolute Gasteiger partial charge is 0.133 e. The molecule has 1 heterocycles. The van der Waals surface area contributed by atoms with Gasteiger partial charge in [0.1, 0.15) is 5.82 Å². The average molecular weight is 252 g/mol. The molecule has 0 saturated carbocycles. The second kappa shape index (κ2) is 5.87. The van der Waals surface area contributed by atoms with Gasteiger partial charge in [-0.15, -0.1) is 0 Å². The van der Waals surface area contributed by atoms with E-state index < -0.39 is 0 Å². The lowest BCUT2D eigenvalue weighted by Crippen LogP contribution is -2.06. The van der Waals surface area contributed by atoms with E-state index in [1.807, 2.05) is 6.20 Å². The fraction of sp³-hybridized carbons (Fsp3) is 0.353. The first-order valence-corrected chi connectivity index (χ1v) is 7.19. The standard InChI is InChI=1S/C17H20N2/c1-2-6-14(7-3-1)10-12-18-17-16-9-5-4-8-15(16)11-13-19-17/h4-6,8-9,11,13H,1-3,7,10,12H2,(H,18,19). The molecule has 3 rings (SSSR count). The van der Waals surface area contributed by atoms with Crippen LogP contribution in [0.4, 0.5) is 5.82 Å². The first kappa shape index (κ1) is 12.2. The molecular formula is C17H20N2. The molecule has 0 aliphatic heterocycles. The highest BCUT2D eigenvalue weighted by molar-refractivity contribution is 5.91. The summed E-state index contributed by atoms with van der Waals surface area (Å²) in [6.07, 6.45) is 10.7. The molecule has 2 aromatic rings. The molecule has 0 saturated heterocycles. The van der Waals surface area contributed by atoms with Gasteiger partial charge in [-0.2, -0.15) is 0 Å². The summed E-state index contributed by atoms with van der Waals surface area (Å²) in [7, 11) is 0. The first-order valence-electron chi connectivity index (χ1n) is 7.19. The van der Waals surface area contributed by atoms with Gasteiger partial charge in [0.05, 0.1) is 0 Å². The Hall–Kier alpha value is -1.83. The lowest BCUT2D eigenvalue weighted by atomic mass is 9.97. The summed E-state index contributed by atoms with van der Waals surface area (Å²) in [6.45, 7) is 0.979. The third-order valence-electron chi connectivity index (χ3n) is 3.80. The van der Waals surface area contributed by atoms with Crippen molar-refractivity contribution in [2.45, 2.75) is 32.1 Å². The van der Waals surface area contributed by atoms with Crippen molar-refractivity contribution in [2.24, 2.45) is 0 Å². The van der Waals surface area contributed by atoms with Crippen LogP contribution >= 0.6 is 0 Å². The van der Waals surface area contributed by atoms with Crippen LogP contribution in [-0.2, 0) is 0 Å². The first-order chi connectivity index (χ1) is 9.43. The highest BCUT2D eigenvalue weighted by Crippen LogP contribution is 2.22. The summed E-state index contributed by atoms with van der Waals surface area (Å²) >= 11 is 0. The van der Waals surface area contributed by atoms with Crippen molar-refractivity contribution in [3.8, 4) is 0 Å². The molecule has 0 unspecified atom stereocenters. The number of hydrogen-bond donors (Lipinski definition) is 1. The molecule has 0 amide bonds. The van der Waals surface area contributed by atoms with E-state index in [-0.39, 0.29) is 0 Å². The topological polar surface area (TPSA) is 24.9 Å². The van der Waals surface area contributed by atoms with Crippen molar-refractivity contribution in [3.05, 3.63) is 48.2 Å². The van der Waals surface area contributed by atoms with Crippen molar-refractivity contribution in [2.75, 3.05) is 11.9 Å². The Kier molecular flexibility index (Phi) is 3.78. The van der Waals surface area contributed by atoms with E-state index >= 15 is 0 Å². The predicted octanol–water partition coefficient (Wildman–Crippen LogP) is 4.54. The van der Waals surface area contributed by atoms with Gasteiger partial charge in [-0.1, -0.05) is 35.9 Å². The quantitative estimate of drug-likeness (QED) is 0.808. The Balaban J connectivity index is 1.66. The maximum atomic E-state index is 4.46. The van der Waals surface area contributed by atoms with Gasteiger partial charge in [-0.25, -0.2) is 4.98 Å². The molecule has 0 radical (unpaired) electrons. The highest BCUT2D eigenvalue weighted by Gasteiger charge is 2.04. The van der Waals surface area contributed by atoms with Gasteiger partial charge in [0.2, 0.25) is 0 Å². The molecule has 1 aromatic carbocycles. The molecule has 0 fully saturated rings. The van der Waals surface area contributed by atoms with Crippen LogP contribution in [0.5, 0.6) is 0 Å². The van der Waals surface area contributed by atoms with E-state index in [4.69, 9.17) is 0 Å². The fourth-order valence-electron chi connectivity index (χ4n) is 2.73. The minimum absolute atomic E-state index is 0.979. The SMILES string of the molecule is C1=C(CCNc2nccc3ccccc23)CCCC1. The summed E-state index contributed by atoms with van der Waals surface area (Å²) in [4.78, 5) is 4.46. The third-order valence-corrected chi connectivity index (χ3v) is 3.80. The molecule has 98 valence electrons. The third kappa shape index (κ3) is 2.95. The van der Waals surface area contributed by atoms with E-state index in [2.05, 4.69) is 46.7 Å². The molecule has 1 aliphatic rings. The molecule has 0 spiro atoms. The van der Waals surface area contributed by atoms with Gasteiger partial charge < -0.3 is 5.32 Å². The van der Waals surface area contributed by atoms with Crippen LogP contribution in [0, 0.1) is 0 Å². The van der Waals surface area contributed by atoms with Crippen molar-refractivity contribution < 1.29 is 0 Å². The molecule has 0 atom stereocenters. The number of pyridine rings is 1. The number of nitrogens with one attached hydrogen (secondary N) is 1. The lowest BCUT2D eigenvalue weighted by Gasteiger charge is -2.13. The van der Waals surface area contributed by atoms with Crippen LogP contribution < -0.4 is 5.32 Å². The van der Waals surface area contributed by atoms with Gasteiger partial charge in [-0.3, -0.25) is 0 Å². The zero-order valence-electron chi connectivity index (χ0n) is 11.2. The van der Waals surface area contributed by atoms with Gasteiger partial charge >= 0.3 is 0 Å². The predicted molar refractivity (Wildman–Crippen MR) is 81.4 cm³/mol. The number of benzene rings is 1. The molecular weight excluding hydrogens is 232 g/mol. The molecule has 1 N–H and O–H groups in total. The lowest BCUT2D eigenvalue weighted by molar-refractivity contribution is 0.679. The van der Waals surface area contributed by atoms with E-state index in [0.717, 1.165) is 18.8 Å². The van der Waals surface area contributed by atoms with Crippen LogP contribution in [0.15, 0.2) is 48.2 Å². The number of allylic oxidation sites excluding steroid dienone is 1. The van der Waals surface area contributed by atoms with E-state index in [0.29, 0.717) is 0 Å². The monoisotopic (exact) mass is 252 g/mol. The maximum absolute atomic E-state index is 4.46.